The van der Waals surface area contributed by atoms with Crippen LogP contribution in [-0.2, 0) is 0 Å². The SMILES string of the molecule is C#CC(O)(F)C(O)C#N. The number of nitriles is 1. The zero-order valence-corrected chi connectivity index (χ0v) is 4.37. The van der Waals surface area contributed by atoms with Crippen molar-refractivity contribution in [1.29, 1.82) is 5.26 Å². The third kappa shape index (κ3) is 1.69. The predicted molar refractivity (Wildman–Crippen MR) is 26.5 cm³/mol. The average molecular weight is 129 g/mol. The summed E-state index contributed by atoms with van der Waals surface area (Å²) in [6.45, 7) is 0. The van der Waals surface area contributed by atoms with Crippen molar-refractivity contribution >= 4 is 0 Å². The molecule has 2 atom stereocenters. The van der Waals surface area contributed by atoms with Crippen molar-refractivity contribution in [3.05, 3.63) is 0 Å². The number of aliphatic hydroxyl groups excluding tert-OH is 1. The molecule has 0 aliphatic rings. The highest BCUT2D eigenvalue weighted by Gasteiger charge is 2.33. The van der Waals surface area contributed by atoms with Crippen molar-refractivity contribution in [2.75, 3.05) is 0 Å². The summed E-state index contributed by atoms with van der Waals surface area (Å²) in [4.78, 5) is 0. The zero-order chi connectivity index (χ0) is 7.49. The van der Waals surface area contributed by atoms with E-state index in [0.717, 1.165) is 6.07 Å². The molecule has 0 aromatic carbocycles. The van der Waals surface area contributed by atoms with Crippen LogP contribution in [0.15, 0.2) is 0 Å². The van der Waals surface area contributed by atoms with Gasteiger partial charge in [0.15, 0.2) is 0 Å². The van der Waals surface area contributed by atoms with Crippen LogP contribution in [0.25, 0.3) is 0 Å². The van der Waals surface area contributed by atoms with Crippen molar-refractivity contribution in [3.63, 3.8) is 0 Å². The first-order valence-electron chi connectivity index (χ1n) is 2.01. The second kappa shape index (κ2) is 2.45. The van der Waals surface area contributed by atoms with Crippen LogP contribution in [0.5, 0.6) is 0 Å². The van der Waals surface area contributed by atoms with Crippen molar-refractivity contribution in [3.8, 4) is 18.4 Å². The van der Waals surface area contributed by atoms with E-state index in [1.165, 1.54) is 5.92 Å². The lowest BCUT2D eigenvalue weighted by atomic mass is 10.2. The van der Waals surface area contributed by atoms with Crippen molar-refractivity contribution in [2.45, 2.75) is 12.0 Å². The average Bonchev–Trinajstić information content (AvgIpc) is 1.86. The zero-order valence-electron chi connectivity index (χ0n) is 4.37. The van der Waals surface area contributed by atoms with Crippen LogP contribution in [0.3, 0.4) is 0 Å². The maximum absolute atomic E-state index is 12.1. The molecule has 0 aliphatic heterocycles. The Kier molecular flexibility index (Phi) is 2.15. The van der Waals surface area contributed by atoms with Gasteiger partial charge < -0.3 is 10.2 Å². The van der Waals surface area contributed by atoms with E-state index in [1.54, 1.807) is 0 Å². The van der Waals surface area contributed by atoms with Gasteiger partial charge >= 0.3 is 5.85 Å². The number of hydrogen-bond acceptors (Lipinski definition) is 3. The molecule has 0 radical (unpaired) electrons. The predicted octanol–water partition coefficient (Wildman–Crippen LogP) is -0.838. The summed E-state index contributed by atoms with van der Waals surface area (Å²) in [7, 11) is 0. The second-order valence-electron chi connectivity index (χ2n) is 1.35. The number of hydrogen-bond donors (Lipinski definition) is 2. The summed E-state index contributed by atoms with van der Waals surface area (Å²) < 4.78 is 12.1. The second-order valence-corrected chi connectivity index (χ2v) is 1.35. The molecular weight excluding hydrogens is 125 g/mol. The molecule has 2 N–H and O–H groups in total. The number of aliphatic hydroxyl groups is 2. The lowest BCUT2D eigenvalue weighted by molar-refractivity contribution is -0.101. The van der Waals surface area contributed by atoms with E-state index < -0.39 is 12.0 Å². The van der Waals surface area contributed by atoms with Crippen LogP contribution in [0.4, 0.5) is 4.39 Å². The molecule has 0 amide bonds. The Bertz CT molecular complexity index is 176. The van der Waals surface area contributed by atoms with E-state index in [0.29, 0.717) is 0 Å². The van der Waals surface area contributed by atoms with E-state index in [9.17, 15) is 4.39 Å². The summed E-state index contributed by atoms with van der Waals surface area (Å²) in [5.74, 6) is -2.02. The van der Waals surface area contributed by atoms with E-state index in [1.807, 2.05) is 0 Å². The van der Waals surface area contributed by atoms with E-state index in [4.69, 9.17) is 15.5 Å². The van der Waals surface area contributed by atoms with E-state index >= 15 is 0 Å². The van der Waals surface area contributed by atoms with Gasteiger partial charge in [-0.2, -0.15) is 9.65 Å². The maximum atomic E-state index is 12.1. The quantitative estimate of drug-likeness (QED) is 0.358. The number of terminal acetylenes is 1. The highest BCUT2D eigenvalue weighted by atomic mass is 19.2. The largest absolute Gasteiger partial charge is 0.372 e. The monoisotopic (exact) mass is 129 g/mol. The molecule has 0 fully saturated rings. The summed E-state index contributed by atoms with van der Waals surface area (Å²) in [5.41, 5.74) is 0. The first-order valence-corrected chi connectivity index (χ1v) is 2.01. The first-order chi connectivity index (χ1) is 4.04. The van der Waals surface area contributed by atoms with Gasteiger partial charge in [-0.05, 0) is 5.92 Å². The molecule has 0 aromatic heterocycles. The first kappa shape index (κ1) is 7.90. The van der Waals surface area contributed by atoms with Gasteiger partial charge in [-0.25, -0.2) is 0 Å². The third-order valence-electron chi connectivity index (χ3n) is 0.687. The van der Waals surface area contributed by atoms with Gasteiger partial charge in [0.1, 0.15) is 6.07 Å². The number of alkyl halides is 1. The lowest BCUT2D eigenvalue weighted by Gasteiger charge is -2.11. The van der Waals surface area contributed by atoms with Crippen LogP contribution >= 0.6 is 0 Å². The van der Waals surface area contributed by atoms with E-state index in [2.05, 4.69) is 6.42 Å². The molecule has 48 valence electrons. The summed E-state index contributed by atoms with van der Waals surface area (Å²) in [6.07, 6.45) is 2.22. The summed E-state index contributed by atoms with van der Waals surface area (Å²) in [6, 6.07) is 1.04. The van der Waals surface area contributed by atoms with Crippen LogP contribution < -0.4 is 0 Å². The Morgan fingerprint density at radius 2 is 2.22 bits per heavy atom. The molecule has 0 heterocycles. The fourth-order valence-electron chi connectivity index (χ4n) is 0.164. The van der Waals surface area contributed by atoms with Crippen LogP contribution in [0.1, 0.15) is 0 Å². The van der Waals surface area contributed by atoms with Crippen LogP contribution in [-0.4, -0.2) is 22.2 Å². The molecule has 0 saturated carbocycles. The molecule has 3 nitrogen and oxygen atoms in total. The fourth-order valence-corrected chi connectivity index (χ4v) is 0.164. The Labute approximate surface area is 51.3 Å². The molecule has 0 rings (SSSR count). The molecule has 0 aliphatic carbocycles. The van der Waals surface area contributed by atoms with Gasteiger partial charge in [-0.3, -0.25) is 0 Å². The van der Waals surface area contributed by atoms with Crippen molar-refractivity contribution < 1.29 is 14.6 Å². The Morgan fingerprint density at radius 1 is 1.78 bits per heavy atom. The van der Waals surface area contributed by atoms with Gasteiger partial charge in [0.2, 0.25) is 6.10 Å². The molecule has 0 saturated heterocycles. The lowest BCUT2D eigenvalue weighted by Crippen LogP contribution is -2.34. The van der Waals surface area contributed by atoms with Crippen LogP contribution in [0, 0.1) is 23.7 Å². The third-order valence-corrected chi connectivity index (χ3v) is 0.687. The number of halogens is 1. The van der Waals surface area contributed by atoms with Gasteiger partial charge in [-0.1, -0.05) is 0 Å². The smallest absolute Gasteiger partial charge is 0.309 e. The van der Waals surface area contributed by atoms with Crippen LogP contribution in [0.2, 0.25) is 0 Å². The van der Waals surface area contributed by atoms with Gasteiger partial charge in [0.05, 0.1) is 0 Å². The summed E-state index contributed by atoms with van der Waals surface area (Å²) >= 11 is 0. The topological polar surface area (TPSA) is 64.2 Å². The minimum atomic E-state index is -3.23. The molecule has 0 aromatic rings. The normalized spacial score (nSPS) is 18.8. The van der Waals surface area contributed by atoms with Gasteiger partial charge in [0.25, 0.3) is 0 Å². The minimum absolute atomic E-state index is 1.04. The fraction of sp³-hybridized carbons (Fsp3) is 0.400. The molecule has 4 heteroatoms. The maximum Gasteiger partial charge on any atom is 0.309 e. The molecule has 0 bridgehead atoms. The minimum Gasteiger partial charge on any atom is -0.372 e. The van der Waals surface area contributed by atoms with Gasteiger partial charge in [0, 0.05) is 0 Å². The van der Waals surface area contributed by atoms with Crippen molar-refractivity contribution in [2.24, 2.45) is 0 Å². The van der Waals surface area contributed by atoms with E-state index in [-0.39, 0.29) is 0 Å². The Balaban J connectivity index is 4.23. The highest BCUT2D eigenvalue weighted by molar-refractivity contribution is 5.10. The van der Waals surface area contributed by atoms with Crippen molar-refractivity contribution in [1.82, 2.24) is 0 Å². The molecular formula is C5H4FNO2. The Hall–Kier alpha value is -1.10. The molecule has 9 heavy (non-hydrogen) atoms. The number of nitrogens with zero attached hydrogens (tertiary/aromatic N) is 1. The standard InChI is InChI=1S/C5H4FNO2/c1-2-5(6,9)4(8)3-7/h1,4,8-9H. The number of rotatable bonds is 1. The molecule has 2 unspecified atom stereocenters. The van der Waals surface area contributed by atoms with Gasteiger partial charge in [-0.15, -0.1) is 6.42 Å². The summed E-state index contributed by atoms with van der Waals surface area (Å²) in [5, 5.41) is 24.3. The highest BCUT2D eigenvalue weighted by Crippen LogP contribution is 2.09. The Morgan fingerprint density at radius 3 is 2.33 bits per heavy atom. The molecule has 0 spiro atoms.